The van der Waals surface area contributed by atoms with Crippen molar-refractivity contribution < 1.29 is 0 Å². The molecule has 0 amide bonds. The molecule has 0 aliphatic carbocycles. The molecular weight excluding hydrogens is 123 g/mol. The average molecular weight is 136 g/mol. The standard InChI is InChI=1S/C6H12N2.Na.H/c1-2-3-4-5-8-6-7;;/h8H,2-5H2,1H3;;. The van der Waals surface area contributed by atoms with Crippen LogP contribution in [0.3, 0.4) is 0 Å². The zero-order valence-electron chi connectivity index (χ0n) is 5.28. The van der Waals surface area contributed by atoms with Gasteiger partial charge >= 0.3 is 29.6 Å². The van der Waals surface area contributed by atoms with E-state index < -0.39 is 0 Å². The van der Waals surface area contributed by atoms with E-state index in [0.717, 1.165) is 13.0 Å². The fourth-order valence-electron chi connectivity index (χ4n) is 0.519. The zero-order chi connectivity index (χ0) is 6.24. The second kappa shape index (κ2) is 11.1. The summed E-state index contributed by atoms with van der Waals surface area (Å²) in [6.07, 6.45) is 5.42. The molecule has 0 bridgehead atoms. The van der Waals surface area contributed by atoms with Gasteiger partial charge in [-0.3, -0.25) is 0 Å². The molecule has 0 aliphatic rings. The predicted octanol–water partition coefficient (Wildman–Crippen LogP) is 0.599. The monoisotopic (exact) mass is 136 g/mol. The number of rotatable bonds is 4. The van der Waals surface area contributed by atoms with Crippen LogP contribution in [0.5, 0.6) is 0 Å². The SMILES string of the molecule is CCCCCNC#N.[NaH]. The summed E-state index contributed by atoms with van der Waals surface area (Å²) in [5.41, 5.74) is 0. The Labute approximate surface area is 78.9 Å². The molecule has 0 aromatic carbocycles. The number of nitriles is 1. The molecule has 0 aromatic rings. The molecule has 1 N–H and O–H groups in total. The van der Waals surface area contributed by atoms with Gasteiger partial charge in [-0.05, 0) is 6.42 Å². The third kappa shape index (κ3) is 11.7. The van der Waals surface area contributed by atoms with Crippen LogP contribution in [0.15, 0.2) is 0 Å². The van der Waals surface area contributed by atoms with Gasteiger partial charge in [0.15, 0.2) is 6.19 Å². The predicted molar refractivity (Wildman–Crippen MR) is 40.3 cm³/mol. The van der Waals surface area contributed by atoms with Crippen LogP contribution in [0.25, 0.3) is 0 Å². The van der Waals surface area contributed by atoms with Gasteiger partial charge in [0, 0.05) is 6.54 Å². The van der Waals surface area contributed by atoms with Gasteiger partial charge < -0.3 is 5.32 Å². The van der Waals surface area contributed by atoms with Gasteiger partial charge in [0.25, 0.3) is 0 Å². The number of nitrogens with zero attached hydrogens (tertiary/aromatic N) is 1. The molecule has 2 nitrogen and oxygen atoms in total. The molecule has 0 aliphatic heterocycles. The van der Waals surface area contributed by atoms with Crippen molar-refractivity contribution in [2.24, 2.45) is 0 Å². The van der Waals surface area contributed by atoms with Gasteiger partial charge in [0.2, 0.25) is 0 Å². The quantitative estimate of drug-likeness (QED) is 0.266. The van der Waals surface area contributed by atoms with Crippen molar-refractivity contribution in [1.82, 2.24) is 5.32 Å². The third-order valence-corrected chi connectivity index (χ3v) is 0.984. The minimum absolute atomic E-state index is 0. The topological polar surface area (TPSA) is 35.8 Å². The molecule has 3 heteroatoms. The van der Waals surface area contributed by atoms with Crippen molar-refractivity contribution in [3.63, 3.8) is 0 Å². The summed E-state index contributed by atoms with van der Waals surface area (Å²) in [5.74, 6) is 0. The average Bonchev–Trinajstić information content (AvgIpc) is 1.81. The minimum atomic E-state index is 0. The summed E-state index contributed by atoms with van der Waals surface area (Å²) >= 11 is 0. The van der Waals surface area contributed by atoms with E-state index in [-0.39, 0.29) is 29.6 Å². The van der Waals surface area contributed by atoms with Crippen LogP contribution in [0.4, 0.5) is 0 Å². The molecule has 0 aromatic heterocycles. The van der Waals surface area contributed by atoms with Crippen molar-refractivity contribution in [2.75, 3.05) is 6.54 Å². The van der Waals surface area contributed by atoms with Gasteiger partial charge in [-0.25, -0.2) is 0 Å². The van der Waals surface area contributed by atoms with Crippen LogP contribution in [0.2, 0.25) is 0 Å². The van der Waals surface area contributed by atoms with Crippen LogP contribution >= 0.6 is 0 Å². The van der Waals surface area contributed by atoms with Gasteiger partial charge in [-0.1, -0.05) is 19.8 Å². The first-order valence-corrected chi connectivity index (χ1v) is 3.03. The Bertz CT molecular complexity index is 77.6. The Morgan fingerprint density at radius 1 is 1.44 bits per heavy atom. The number of nitrogens with one attached hydrogen (secondary N) is 1. The van der Waals surface area contributed by atoms with Gasteiger partial charge in [0.05, 0.1) is 0 Å². The molecular formula is C6H13N2Na. The maximum absolute atomic E-state index is 8.00. The second-order valence-corrected chi connectivity index (χ2v) is 1.75. The summed E-state index contributed by atoms with van der Waals surface area (Å²) < 4.78 is 0. The van der Waals surface area contributed by atoms with Gasteiger partial charge in [-0.2, -0.15) is 5.26 Å². The van der Waals surface area contributed by atoms with E-state index in [1.165, 1.54) is 12.8 Å². The van der Waals surface area contributed by atoms with Crippen molar-refractivity contribution in [3.8, 4) is 6.19 Å². The number of unbranched alkanes of at least 4 members (excludes halogenated alkanes) is 2. The first-order valence-electron chi connectivity index (χ1n) is 3.03. The Balaban J connectivity index is 0. The summed E-state index contributed by atoms with van der Waals surface area (Å²) in [4.78, 5) is 0. The maximum atomic E-state index is 8.00. The Hall–Kier alpha value is 0.290. The molecule has 0 saturated carbocycles. The first kappa shape index (κ1) is 12.0. The molecule has 48 valence electrons. The van der Waals surface area contributed by atoms with Gasteiger partial charge in [0.1, 0.15) is 0 Å². The Morgan fingerprint density at radius 3 is 2.56 bits per heavy atom. The van der Waals surface area contributed by atoms with Gasteiger partial charge in [-0.15, -0.1) is 0 Å². The second-order valence-electron chi connectivity index (χ2n) is 1.75. The molecule has 0 fully saturated rings. The van der Waals surface area contributed by atoms with E-state index in [1.54, 1.807) is 0 Å². The number of hydrogen-bond donors (Lipinski definition) is 1. The third-order valence-electron chi connectivity index (χ3n) is 0.984. The van der Waals surface area contributed by atoms with E-state index >= 15 is 0 Å². The molecule has 9 heavy (non-hydrogen) atoms. The molecule has 0 radical (unpaired) electrons. The molecule has 0 heterocycles. The fraction of sp³-hybridized carbons (Fsp3) is 0.833. The van der Waals surface area contributed by atoms with E-state index in [2.05, 4.69) is 12.2 Å². The summed E-state index contributed by atoms with van der Waals surface area (Å²) in [6.45, 7) is 2.98. The molecule has 0 spiro atoms. The first-order chi connectivity index (χ1) is 3.91. The zero-order valence-corrected chi connectivity index (χ0v) is 5.28. The van der Waals surface area contributed by atoms with Crippen LogP contribution < -0.4 is 5.32 Å². The van der Waals surface area contributed by atoms with Crippen molar-refractivity contribution in [2.45, 2.75) is 26.2 Å². The molecule has 0 saturated heterocycles. The molecule has 0 unspecified atom stereocenters. The summed E-state index contributed by atoms with van der Waals surface area (Å²) in [7, 11) is 0. The van der Waals surface area contributed by atoms with Crippen LogP contribution in [0, 0.1) is 11.5 Å². The van der Waals surface area contributed by atoms with Crippen molar-refractivity contribution in [1.29, 1.82) is 5.26 Å². The fourth-order valence-corrected chi connectivity index (χ4v) is 0.519. The van der Waals surface area contributed by atoms with E-state index in [0.29, 0.717) is 0 Å². The number of hydrogen-bond acceptors (Lipinski definition) is 2. The van der Waals surface area contributed by atoms with Crippen molar-refractivity contribution >= 4 is 29.6 Å². The summed E-state index contributed by atoms with van der Waals surface area (Å²) in [6, 6.07) is 0. The van der Waals surface area contributed by atoms with E-state index in [4.69, 9.17) is 5.26 Å². The molecule has 0 atom stereocenters. The Kier molecular flexibility index (Phi) is 14.9. The van der Waals surface area contributed by atoms with E-state index in [1.807, 2.05) is 6.19 Å². The van der Waals surface area contributed by atoms with Crippen LogP contribution in [-0.4, -0.2) is 36.1 Å². The van der Waals surface area contributed by atoms with Crippen LogP contribution in [0.1, 0.15) is 26.2 Å². The molecule has 0 rings (SSSR count). The van der Waals surface area contributed by atoms with Crippen molar-refractivity contribution in [3.05, 3.63) is 0 Å². The van der Waals surface area contributed by atoms with Crippen LogP contribution in [-0.2, 0) is 0 Å². The Morgan fingerprint density at radius 2 is 2.11 bits per heavy atom. The van der Waals surface area contributed by atoms with E-state index in [9.17, 15) is 0 Å². The summed E-state index contributed by atoms with van der Waals surface area (Å²) in [5, 5.41) is 10.6. The normalized spacial score (nSPS) is 7.11.